The Morgan fingerprint density at radius 1 is 0.921 bits per heavy atom. The highest BCUT2D eigenvalue weighted by Crippen LogP contribution is 2.33. The fourth-order valence-corrected chi connectivity index (χ4v) is 5.56. The van der Waals surface area contributed by atoms with Crippen molar-refractivity contribution in [3.63, 3.8) is 0 Å². The molecular formula is C30H38N2O6. The molecule has 2 aliphatic rings. The van der Waals surface area contributed by atoms with E-state index in [1.807, 2.05) is 42.5 Å². The molecule has 0 spiro atoms. The van der Waals surface area contributed by atoms with Crippen molar-refractivity contribution in [1.82, 2.24) is 4.90 Å². The number of carboxylic acids is 1. The van der Waals surface area contributed by atoms with Gasteiger partial charge in [-0.1, -0.05) is 55.0 Å². The molecule has 0 bridgehead atoms. The van der Waals surface area contributed by atoms with Crippen LogP contribution in [0.5, 0.6) is 5.75 Å². The standard InChI is InChI=1S/C30H38N2O6/c31-28(33)23-15-17-32(18-16-23)19-24(38-30(36)26-11-6-10-25(26)29(34)35)20-37-27-12-5-4-9-22(27)14-13-21-7-2-1-3-8-21/h1-5,7-9,12,23-26H,6,10-11,13-20H2,(H2,31,33)(H,34,35). The summed E-state index contributed by atoms with van der Waals surface area (Å²) in [5.41, 5.74) is 7.80. The Balaban J connectivity index is 1.41. The van der Waals surface area contributed by atoms with Crippen LogP contribution < -0.4 is 10.5 Å². The van der Waals surface area contributed by atoms with Crippen LogP contribution in [0.25, 0.3) is 0 Å². The number of benzene rings is 2. The molecule has 1 aliphatic heterocycles. The molecule has 4 rings (SSSR count). The van der Waals surface area contributed by atoms with Gasteiger partial charge in [-0.15, -0.1) is 0 Å². The van der Waals surface area contributed by atoms with E-state index in [2.05, 4.69) is 17.0 Å². The van der Waals surface area contributed by atoms with Gasteiger partial charge in [0.1, 0.15) is 18.5 Å². The average Bonchev–Trinajstić information content (AvgIpc) is 3.43. The maximum Gasteiger partial charge on any atom is 0.310 e. The first-order valence-electron chi connectivity index (χ1n) is 13.6. The summed E-state index contributed by atoms with van der Waals surface area (Å²) in [6.07, 6.45) is 4.19. The van der Waals surface area contributed by atoms with Gasteiger partial charge in [0.05, 0.1) is 11.8 Å². The third-order valence-corrected chi connectivity index (χ3v) is 7.79. The molecule has 2 aromatic carbocycles. The summed E-state index contributed by atoms with van der Waals surface area (Å²) in [7, 11) is 0. The van der Waals surface area contributed by atoms with Crippen LogP contribution in [-0.4, -0.2) is 60.2 Å². The molecular weight excluding hydrogens is 484 g/mol. The van der Waals surface area contributed by atoms with E-state index in [4.69, 9.17) is 15.2 Å². The predicted molar refractivity (Wildman–Crippen MR) is 142 cm³/mol. The number of aliphatic carboxylic acids is 1. The highest BCUT2D eigenvalue weighted by Gasteiger charge is 2.40. The maximum absolute atomic E-state index is 13.1. The molecule has 1 heterocycles. The monoisotopic (exact) mass is 522 g/mol. The van der Waals surface area contributed by atoms with Crippen molar-refractivity contribution in [3.05, 3.63) is 65.7 Å². The van der Waals surface area contributed by atoms with E-state index in [0.29, 0.717) is 51.7 Å². The van der Waals surface area contributed by atoms with Crippen LogP contribution in [-0.2, 0) is 32.0 Å². The van der Waals surface area contributed by atoms with Crippen LogP contribution in [0.4, 0.5) is 0 Å². The van der Waals surface area contributed by atoms with Gasteiger partial charge in [-0.3, -0.25) is 19.3 Å². The lowest BCUT2D eigenvalue weighted by molar-refractivity contribution is -0.162. The second kappa shape index (κ2) is 13.4. The summed E-state index contributed by atoms with van der Waals surface area (Å²) in [5, 5.41) is 9.53. The highest BCUT2D eigenvalue weighted by molar-refractivity contribution is 5.81. The SMILES string of the molecule is NC(=O)C1CCN(CC(COc2ccccc2CCc2ccccc2)OC(=O)C2CCCC2C(=O)O)CC1. The molecule has 8 heteroatoms. The van der Waals surface area contributed by atoms with E-state index in [0.717, 1.165) is 24.2 Å². The van der Waals surface area contributed by atoms with E-state index in [-0.39, 0.29) is 18.4 Å². The van der Waals surface area contributed by atoms with Crippen LogP contribution in [0.15, 0.2) is 54.6 Å². The van der Waals surface area contributed by atoms with Crippen molar-refractivity contribution in [2.24, 2.45) is 23.5 Å². The summed E-state index contributed by atoms with van der Waals surface area (Å²) in [6, 6.07) is 18.2. The van der Waals surface area contributed by atoms with Crippen molar-refractivity contribution >= 4 is 17.8 Å². The first-order valence-corrected chi connectivity index (χ1v) is 13.6. The number of primary amides is 1. The zero-order chi connectivity index (χ0) is 26.9. The smallest absolute Gasteiger partial charge is 0.310 e. The van der Waals surface area contributed by atoms with E-state index in [9.17, 15) is 19.5 Å². The van der Waals surface area contributed by atoms with E-state index < -0.39 is 29.9 Å². The van der Waals surface area contributed by atoms with Gasteiger partial charge in [0.25, 0.3) is 0 Å². The third kappa shape index (κ3) is 7.57. The number of likely N-dealkylation sites (tertiary alicyclic amines) is 1. The lowest BCUT2D eigenvalue weighted by atomic mass is 9.96. The number of carboxylic acid groups (broad SMARTS) is 1. The number of amides is 1. The minimum atomic E-state index is -0.946. The zero-order valence-corrected chi connectivity index (χ0v) is 21.8. The Kier molecular flexibility index (Phi) is 9.76. The molecule has 0 radical (unpaired) electrons. The Morgan fingerprint density at radius 2 is 1.61 bits per heavy atom. The second-order valence-corrected chi connectivity index (χ2v) is 10.4. The van der Waals surface area contributed by atoms with Crippen molar-refractivity contribution in [1.29, 1.82) is 0 Å². The zero-order valence-electron chi connectivity index (χ0n) is 21.8. The number of nitrogens with two attached hydrogens (primary N) is 1. The molecule has 8 nitrogen and oxygen atoms in total. The molecule has 3 N–H and O–H groups in total. The predicted octanol–water partition coefficient (Wildman–Crippen LogP) is 3.46. The molecule has 38 heavy (non-hydrogen) atoms. The van der Waals surface area contributed by atoms with Gasteiger partial charge in [-0.2, -0.15) is 0 Å². The molecule has 0 aromatic heterocycles. The number of esters is 1. The minimum absolute atomic E-state index is 0.130. The number of carbonyl (C=O) groups is 3. The normalized spacial score (nSPS) is 21.1. The molecule has 1 amide bonds. The van der Waals surface area contributed by atoms with Gasteiger partial charge in [0.15, 0.2) is 0 Å². The summed E-state index contributed by atoms with van der Waals surface area (Å²) in [5.74, 6) is -2.39. The van der Waals surface area contributed by atoms with Crippen LogP contribution in [0.1, 0.15) is 43.2 Å². The molecule has 1 saturated carbocycles. The number of piperidine rings is 1. The van der Waals surface area contributed by atoms with Crippen LogP contribution >= 0.6 is 0 Å². The second-order valence-electron chi connectivity index (χ2n) is 10.4. The number of rotatable bonds is 12. The Morgan fingerprint density at radius 3 is 2.32 bits per heavy atom. The van der Waals surface area contributed by atoms with Gasteiger partial charge in [-0.25, -0.2) is 0 Å². The number of hydrogen-bond acceptors (Lipinski definition) is 6. The molecule has 204 valence electrons. The van der Waals surface area contributed by atoms with Crippen LogP contribution in [0, 0.1) is 17.8 Å². The average molecular weight is 523 g/mol. The Bertz CT molecular complexity index is 1080. The number of ether oxygens (including phenoxy) is 2. The van der Waals surface area contributed by atoms with Crippen molar-refractivity contribution in [2.45, 2.75) is 51.0 Å². The van der Waals surface area contributed by atoms with Gasteiger partial charge < -0.3 is 20.3 Å². The van der Waals surface area contributed by atoms with E-state index >= 15 is 0 Å². The van der Waals surface area contributed by atoms with Gasteiger partial charge >= 0.3 is 11.9 Å². The van der Waals surface area contributed by atoms with Gasteiger partial charge in [0.2, 0.25) is 5.91 Å². The third-order valence-electron chi connectivity index (χ3n) is 7.79. The first kappa shape index (κ1) is 27.6. The fraction of sp³-hybridized carbons (Fsp3) is 0.500. The number of para-hydroxylation sites is 1. The molecule has 1 aliphatic carbocycles. The Hall–Kier alpha value is -3.39. The largest absolute Gasteiger partial charge is 0.489 e. The van der Waals surface area contributed by atoms with Crippen molar-refractivity contribution in [2.75, 3.05) is 26.2 Å². The van der Waals surface area contributed by atoms with Crippen molar-refractivity contribution in [3.8, 4) is 5.75 Å². The van der Waals surface area contributed by atoms with E-state index in [1.54, 1.807) is 0 Å². The molecule has 3 unspecified atom stereocenters. The lowest BCUT2D eigenvalue weighted by Crippen LogP contribution is -2.45. The Labute approximate surface area is 224 Å². The summed E-state index contributed by atoms with van der Waals surface area (Å²) < 4.78 is 12.2. The fourth-order valence-electron chi connectivity index (χ4n) is 5.56. The summed E-state index contributed by atoms with van der Waals surface area (Å²) >= 11 is 0. The number of aryl methyl sites for hydroxylation is 2. The molecule has 2 fully saturated rings. The topological polar surface area (TPSA) is 119 Å². The van der Waals surface area contributed by atoms with Crippen molar-refractivity contribution < 1.29 is 29.0 Å². The maximum atomic E-state index is 13.1. The number of nitrogens with zero attached hydrogens (tertiary/aromatic N) is 1. The molecule has 1 saturated heterocycles. The van der Waals surface area contributed by atoms with Crippen LogP contribution in [0.3, 0.4) is 0 Å². The summed E-state index contributed by atoms with van der Waals surface area (Å²) in [4.78, 5) is 38.4. The minimum Gasteiger partial charge on any atom is -0.489 e. The lowest BCUT2D eigenvalue weighted by Gasteiger charge is -2.33. The van der Waals surface area contributed by atoms with Gasteiger partial charge in [0, 0.05) is 12.5 Å². The quantitative estimate of drug-likeness (QED) is 0.410. The number of carbonyl (C=O) groups excluding carboxylic acids is 2. The first-order chi connectivity index (χ1) is 18.4. The number of hydrogen-bond donors (Lipinski definition) is 2. The van der Waals surface area contributed by atoms with Gasteiger partial charge in [-0.05, 0) is 68.8 Å². The highest BCUT2D eigenvalue weighted by atomic mass is 16.6. The van der Waals surface area contributed by atoms with Crippen LogP contribution in [0.2, 0.25) is 0 Å². The molecule has 2 aromatic rings. The molecule has 3 atom stereocenters. The summed E-state index contributed by atoms with van der Waals surface area (Å²) in [6.45, 7) is 1.97. The van der Waals surface area contributed by atoms with E-state index in [1.165, 1.54) is 5.56 Å².